The lowest BCUT2D eigenvalue weighted by Crippen LogP contribution is -2.10. The molecule has 1 aromatic carbocycles. The highest BCUT2D eigenvalue weighted by Gasteiger charge is 2.04. The average molecular weight is 221 g/mol. The van der Waals surface area contributed by atoms with Crippen LogP contribution in [0.25, 0.3) is 0 Å². The first-order chi connectivity index (χ1) is 7.67. The molecule has 86 valence electrons. The van der Waals surface area contributed by atoms with Crippen molar-refractivity contribution in [2.75, 3.05) is 12.3 Å². The van der Waals surface area contributed by atoms with Crippen LogP contribution in [0, 0.1) is 0 Å². The van der Waals surface area contributed by atoms with Crippen molar-refractivity contribution >= 4 is 17.8 Å². The molecule has 0 amide bonds. The van der Waals surface area contributed by atoms with E-state index < -0.39 is 0 Å². The van der Waals surface area contributed by atoms with Gasteiger partial charge in [0.25, 0.3) is 0 Å². The van der Waals surface area contributed by atoms with Gasteiger partial charge < -0.3 is 10.5 Å². The van der Waals surface area contributed by atoms with E-state index >= 15 is 0 Å². The Morgan fingerprint density at radius 1 is 1.50 bits per heavy atom. The van der Waals surface area contributed by atoms with Gasteiger partial charge in [-0.2, -0.15) is 0 Å². The van der Waals surface area contributed by atoms with Gasteiger partial charge in [0.1, 0.15) is 12.4 Å². The highest BCUT2D eigenvalue weighted by Crippen LogP contribution is 2.18. The fourth-order valence-electron chi connectivity index (χ4n) is 1.26. The van der Waals surface area contributed by atoms with Crippen LogP contribution in [-0.2, 0) is 4.79 Å². The van der Waals surface area contributed by atoms with Crippen LogP contribution < -0.4 is 10.5 Å². The number of ether oxygens (including phenoxy) is 1. The SMILES string of the molecule is CCCC(=O)COc1ccc(C=O)c(N)c1. The van der Waals surface area contributed by atoms with Crippen molar-refractivity contribution in [1.29, 1.82) is 0 Å². The molecule has 0 atom stereocenters. The van der Waals surface area contributed by atoms with E-state index in [1.165, 1.54) is 0 Å². The van der Waals surface area contributed by atoms with E-state index in [1.54, 1.807) is 18.2 Å². The first-order valence-corrected chi connectivity index (χ1v) is 5.16. The molecule has 1 aromatic rings. The minimum Gasteiger partial charge on any atom is -0.486 e. The summed E-state index contributed by atoms with van der Waals surface area (Å²) in [7, 11) is 0. The average Bonchev–Trinajstić information content (AvgIpc) is 2.27. The van der Waals surface area contributed by atoms with Crippen molar-refractivity contribution in [3.05, 3.63) is 23.8 Å². The number of nitrogens with two attached hydrogens (primary N) is 1. The summed E-state index contributed by atoms with van der Waals surface area (Å²) in [5.74, 6) is 0.563. The Morgan fingerprint density at radius 3 is 2.81 bits per heavy atom. The number of ketones is 1. The normalized spacial score (nSPS) is 9.81. The van der Waals surface area contributed by atoms with Crippen LogP contribution in [0.5, 0.6) is 5.75 Å². The van der Waals surface area contributed by atoms with Crippen molar-refractivity contribution < 1.29 is 14.3 Å². The van der Waals surface area contributed by atoms with Crippen molar-refractivity contribution in [1.82, 2.24) is 0 Å². The van der Waals surface area contributed by atoms with E-state index in [1.807, 2.05) is 6.92 Å². The van der Waals surface area contributed by atoms with Gasteiger partial charge in [-0.25, -0.2) is 0 Å². The molecule has 0 fully saturated rings. The van der Waals surface area contributed by atoms with E-state index in [4.69, 9.17) is 10.5 Å². The second-order valence-electron chi connectivity index (χ2n) is 3.49. The van der Waals surface area contributed by atoms with Gasteiger partial charge in [-0.15, -0.1) is 0 Å². The van der Waals surface area contributed by atoms with Gasteiger partial charge in [-0.1, -0.05) is 6.92 Å². The molecule has 0 unspecified atom stereocenters. The van der Waals surface area contributed by atoms with Gasteiger partial charge in [0.2, 0.25) is 0 Å². The maximum Gasteiger partial charge on any atom is 0.170 e. The zero-order valence-electron chi connectivity index (χ0n) is 9.23. The number of carbonyl (C=O) groups excluding carboxylic acids is 2. The molecule has 0 saturated heterocycles. The molecule has 0 aliphatic carbocycles. The maximum absolute atomic E-state index is 11.2. The van der Waals surface area contributed by atoms with Gasteiger partial charge in [0.15, 0.2) is 12.1 Å². The number of aldehydes is 1. The van der Waals surface area contributed by atoms with Crippen LogP contribution in [-0.4, -0.2) is 18.7 Å². The van der Waals surface area contributed by atoms with Crippen molar-refractivity contribution in [3.63, 3.8) is 0 Å². The second-order valence-corrected chi connectivity index (χ2v) is 3.49. The Kier molecular flexibility index (Phi) is 4.51. The second kappa shape index (κ2) is 5.90. The summed E-state index contributed by atoms with van der Waals surface area (Å²) in [6.45, 7) is 1.99. The third kappa shape index (κ3) is 3.38. The Morgan fingerprint density at radius 2 is 2.25 bits per heavy atom. The molecule has 4 nitrogen and oxygen atoms in total. The first-order valence-electron chi connectivity index (χ1n) is 5.16. The number of benzene rings is 1. The van der Waals surface area contributed by atoms with Gasteiger partial charge in [-0.3, -0.25) is 9.59 Å². The third-order valence-corrected chi connectivity index (χ3v) is 2.11. The van der Waals surface area contributed by atoms with Crippen LogP contribution in [0.1, 0.15) is 30.1 Å². The maximum atomic E-state index is 11.2. The van der Waals surface area contributed by atoms with E-state index in [9.17, 15) is 9.59 Å². The largest absolute Gasteiger partial charge is 0.486 e. The van der Waals surface area contributed by atoms with E-state index in [0.717, 1.165) is 6.42 Å². The fourth-order valence-corrected chi connectivity index (χ4v) is 1.26. The zero-order valence-corrected chi connectivity index (χ0v) is 9.23. The summed E-state index contributed by atoms with van der Waals surface area (Å²) >= 11 is 0. The van der Waals surface area contributed by atoms with Gasteiger partial charge in [-0.05, 0) is 18.6 Å². The zero-order chi connectivity index (χ0) is 12.0. The molecule has 0 heterocycles. The Labute approximate surface area is 94.4 Å². The van der Waals surface area contributed by atoms with Gasteiger partial charge in [0.05, 0.1) is 0 Å². The molecule has 0 spiro atoms. The molecule has 1 rings (SSSR count). The summed E-state index contributed by atoms with van der Waals surface area (Å²) in [6.07, 6.45) is 2.01. The summed E-state index contributed by atoms with van der Waals surface area (Å²) < 4.78 is 5.26. The quantitative estimate of drug-likeness (QED) is 0.587. The minimum absolute atomic E-state index is 0.0493. The summed E-state index contributed by atoms with van der Waals surface area (Å²) in [6, 6.07) is 4.74. The molecule has 0 aliphatic rings. The van der Waals surface area contributed by atoms with E-state index in [-0.39, 0.29) is 12.4 Å². The van der Waals surface area contributed by atoms with Crippen LogP contribution >= 0.6 is 0 Å². The molecular formula is C12H15NO3. The minimum atomic E-state index is 0.0493. The number of carbonyl (C=O) groups is 2. The standard InChI is InChI=1S/C12H15NO3/c1-2-3-10(15)8-16-11-5-4-9(7-14)12(13)6-11/h4-7H,2-3,8,13H2,1H3. The number of hydrogen-bond donors (Lipinski definition) is 1. The summed E-state index contributed by atoms with van der Waals surface area (Å²) in [5.41, 5.74) is 6.38. The molecule has 4 heteroatoms. The van der Waals surface area contributed by atoms with Crippen LogP contribution in [0.4, 0.5) is 5.69 Å². The summed E-state index contributed by atoms with van der Waals surface area (Å²) in [5, 5.41) is 0. The topological polar surface area (TPSA) is 69.4 Å². The van der Waals surface area contributed by atoms with Crippen LogP contribution in [0.3, 0.4) is 0 Å². The predicted molar refractivity (Wildman–Crippen MR) is 61.7 cm³/mol. The number of hydrogen-bond acceptors (Lipinski definition) is 4. The molecule has 0 aromatic heterocycles. The van der Waals surface area contributed by atoms with Crippen LogP contribution in [0.15, 0.2) is 18.2 Å². The van der Waals surface area contributed by atoms with Gasteiger partial charge >= 0.3 is 0 Å². The third-order valence-electron chi connectivity index (χ3n) is 2.11. The summed E-state index contributed by atoms with van der Waals surface area (Å²) in [4.78, 5) is 21.7. The first kappa shape index (κ1) is 12.2. The lowest BCUT2D eigenvalue weighted by molar-refractivity contribution is -0.121. The van der Waals surface area contributed by atoms with Crippen molar-refractivity contribution in [2.24, 2.45) is 0 Å². The van der Waals surface area contributed by atoms with Crippen LogP contribution in [0.2, 0.25) is 0 Å². The number of Topliss-reactive ketones (excluding diaryl/α,β-unsaturated/α-hetero) is 1. The van der Waals surface area contributed by atoms with Gasteiger partial charge in [0, 0.05) is 23.7 Å². The predicted octanol–water partition coefficient (Wildman–Crippen LogP) is 1.83. The molecule has 0 saturated carbocycles. The number of rotatable bonds is 6. The van der Waals surface area contributed by atoms with Crippen molar-refractivity contribution in [2.45, 2.75) is 19.8 Å². The Hall–Kier alpha value is -1.84. The monoisotopic (exact) mass is 221 g/mol. The molecular weight excluding hydrogens is 206 g/mol. The highest BCUT2D eigenvalue weighted by molar-refractivity contribution is 5.84. The number of anilines is 1. The molecule has 0 radical (unpaired) electrons. The van der Waals surface area contributed by atoms with E-state index in [2.05, 4.69) is 0 Å². The Balaban J connectivity index is 2.58. The highest BCUT2D eigenvalue weighted by atomic mass is 16.5. The number of nitrogen functional groups attached to an aromatic ring is 1. The molecule has 0 aliphatic heterocycles. The van der Waals surface area contributed by atoms with Crippen molar-refractivity contribution in [3.8, 4) is 5.75 Å². The Bertz CT molecular complexity index is 388. The lowest BCUT2D eigenvalue weighted by atomic mass is 10.2. The lowest BCUT2D eigenvalue weighted by Gasteiger charge is -2.06. The fraction of sp³-hybridized carbons (Fsp3) is 0.333. The molecule has 16 heavy (non-hydrogen) atoms. The molecule has 0 bridgehead atoms. The smallest absolute Gasteiger partial charge is 0.170 e. The van der Waals surface area contributed by atoms with E-state index in [0.29, 0.717) is 29.7 Å². The molecule has 2 N–H and O–H groups in total.